The molecule has 0 unspecified atom stereocenters. The monoisotopic (exact) mass is 235 g/mol. The molecule has 0 aliphatic carbocycles. The first-order valence-corrected chi connectivity index (χ1v) is 6.41. The van der Waals surface area contributed by atoms with E-state index in [2.05, 4.69) is 67.3 Å². The Morgan fingerprint density at radius 3 is 2.41 bits per heavy atom. The molecule has 0 aliphatic heterocycles. The SMILES string of the molecule is CCN(CC)CCNc1cccc(N(C)C)c1. The van der Waals surface area contributed by atoms with Gasteiger partial charge in [-0.2, -0.15) is 0 Å². The summed E-state index contributed by atoms with van der Waals surface area (Å²) in [5.74, 6) is 0. The van der Waals surface area contributed by atoms with Crippen LogP contribution in [0, 0.1) is 0 Å². The van der Waals surface area contributed by atoms with Gasteiger partial charge in [0.2, 0.25) is 0 Å². The van der Waals surface area contributed by atoms with Gasteiger partial charge in [0.25, 0.3) is 0 Å². The largest absolute Gasteiger partial charge is 0.384 e. The van der Waals surface area contributed by atoms with Gasteiger partial charge < -0.3 is 15.1 Å². The Kier molecular flexibility index (Phi) is 5.84. The number of benzene rings is 1. The highest BCUT2D eigenvalue weighted by Gasteiger charge is 1.99. The molecule has 0 fully saturated rings. The second-order valence-corrected chi connectivity index (χ2v) is 4.40. The van der Waals surface area contributed by atoms with Gasteiger partial charge in [0.05, 0.1) is 0 Å². The van der Waals surface area contributed by atoms with Gasteiger partial charge in [-0.05, 0) is 31.3 Å². The fraction of sp³-hybridized carbons (Fsp3) is 0.571. The van der Waals surface area contributed by atoms with Gasteiger partial charge in [0.15, 0.2) is 0 Å². The van der Waals surface area contributed by atoms with Gasteiger partial charge in [-0.3, -0.25) is 0 Å². The summed E-state index contributed by atoms with van der Waals surface area (Å²) in [4.78, 5) is 4.54. The quantitative estimate of drug-likeness (QED) is 0.783. The Morgan fingerprint density at radius 2 is 1.82 bits per heavy atom. The van der Waals surface area contributed by atoms with Crippen LogP contribution in [0.25, 0.3) is 0 Å². The summed E-state index contributed by atoms with van der Waals surface area (Å²) in [6.07, 6.45) is 0. The molecule has 0 saturated carbocycles. The first kappa shape index (κ1) is 13.8. The van der Waals surface area contributed by atoms with Crippen molar-refractivity contribution in [3.63, 3.8) is 0 Å². The van der Waals surface area contributed by atoms with E-state index >= 15 is 0 Å². The van der Waals surface area contributed by atoms with Gasteiger partial charge in [0.1, 0.15) is 0 Å². The fourth-order valence-electron chi connectivity index (χ4n) is 1.79. The zero-order valence-electron chi connectivity index (χ0n) is 11.5. The third-order valence-electron chi connectivity index (χ3n) is 3.01. The van der Waals surface area contributed by atoms with Crippen molar-refractivity contribution < 1.29 is 0 Å². The minimum atomic E-state index is 0.999. The molecule has 3 nitrogen and oxygen atoms in total. The second-order valence-electron chi connectivity index (χ2n) is 4.40. The lowest BCUT2D eigenvalue weighted by Gasteiger charge is -2.19. The topological polar surface area (TPSA) is 18.5 Å². The zero-order chi connectivity index (χ0) is 12.7. The number of hydrogen-bond donors (Lipinski definition) is 1. The van der Waals surface area contributed by atoms with Crippen molar-refractivity contribution >= 4 is 11.4 Å². The molecule has 1 rings (SSSR count). The van der Waals surface area contributed by atoms with Crippen LogP contribution >= 0.6 is 0 Å². The molecule has 0 atom stereocenters. The summed E-state index contributed by atoms with van der Waals surface area (Å²) in [5, 5.41) is 3.47. The molecule has 0 radical (unpaired) electrons. The molecule has 3 heteroatoms. The standard InChI is InChI=1S/C14H25N3/c1-5-17(6-2)11-10-15-13-8-7-9-14(12-13)16(3)4/h7-9,12,15H,5-6,10-11H2,1-4H3. The summed E-state index contributed by atoms with van der Waals surface area (Å²) >= 11 is 0. The molecule has 0 amide bonds. The van der Waals surface area contributed by atoms with E-state index in [1.165, 1.54) is 11.4 Å². The minimum absolute atomic E-state index is 0.999. The van der Waals surface area contributed by atoms with Crippen LogP contribution in [0.5, 0.6) is 0 Å². The summed E-state index contributed by atoms with van der Waals surface area (Å²) in [5.41, 5.74) is 2.43. The van der Waals surface area contributed by atoms with Crippen LogP contribution < -0.4 is 10.2 Å². The van der Waals surface area contributed by atoms with E-state index in [0.717, 1.165) is 26.2 Å². The van der Waals surface area contributed by atoms with Gasteiger partial charge in [-0.1, -0.05) is 19.9 Å². The van der Waals surface area contributed by atoms with Gasteiger partial charge in [-0.15, -0.1) is 0 Å². The Bertz CT molecular complexity index is 319. The lowest BCUT2D eigenvalue weighted by molar-refractivity contribution is 0.316. The molecule has 0 aromatic heterocycles. The lowest BCUT2D eigenvalue weighted by atomic mass is 10.2. The molecule has 0 saturated heterocycles. The van der Waals surface area contributed by atoms with Crippen LogP contribution in [0.4, 0.5) is 11.4 Å². The van der Waals surface area contributed by atoms with Crippen LogP contribution in [-0.2, 0) is 0 Å². The van der Waals surface area contributed by atoms with E-state index in [-0.39, 0.29) is 0 Å². The van der Waals surface area contributed by atoms with Gasteiger partial charge >= 0.3 is 0 Å². The summed E-state index contributed by atoms with van der Waals surface area (Å²) in [6, 6.07) is 8.52. The maximum Gasteiger partial charge on any atom is 0.0381 e. The molecule has 0 aliphatic rings. The number of rotatable bonds is 7. The van der Waals surface area contributed by atoms with E-state index in [4.69, 9.17) is 0 Å². The molecular formula is C14H25N3. The number of nitrogens with one attached hydrogen (secondary N) is 1. The van der Waals surface area contributed by atoms with Crippen molar-refractivity contribution in [2.24, 2.45) is 0 Å². The van der Waals surface area contributed by atoms with Crippen molar-refractivity contribution in [3.05, 3.63) is 24.3 Å². The number of nitrogens with zero attached hydrogens (tertiary/aromatic N) is 2. The van der Waals surface area contributed by atoms with Gasteiger partial charge in [0, 0.05) is 38.6 Å². The van der Waals surface area contributed by atoms with Crippen molar-refractivity contribution in [1.29, 1.82) is 0 Å². The van der Waals surface area contributed by atoms with Crippen LogP contribution in [0.1, 0.15) is 13.8 Å². The molecular weight excluding hydrogens is 210 g/mol. The first-order chi connectivity index (χ1) is 8.17. The molecule has 0 heterocycles. The second kappa shape index (κ2) is 7.17. The minimum Gasteiger partial charge on any atom is -0.384 e. The highest BCUT2D eigenvalue weighted by molar-refractivity contribution is 5.57. The zero-order valence-corrected chi connectivity index (χ0v) is 11.5. The van der Waals surface area contributed by atoms with Crippen molar-refractivity contribution in [2.75, 3.05) is 50.5 Å². The summed E-state index contributed by atoms with van der Waals surface area (Å²) in [6.45, 7) is 8.75. The number of anilines is 2. The van der Waals surface area contributed by atoms with Crippen molar-refractivity contribution in [1.82, 2.24) is 4.90 Å². The van der Waals surface area contributed by atoms with E-state index in [9.17, 15) is 0 Å². The molecule has 96 valence electrons. The van der Waals surface area contributed by atoms with Crippen LogP contribution in [-0.4, -0.2) is 45.2 Å². The van der Waals surface area contributed by atoms with Crippen molar-refractivity contribution in [3.8, 4) is 0 Å². The Morgan fingerprint density at radius 1 is 1.12 bits per heavy atom. The molecule has 1 N–H and O–H groups in total. The lowest BCUT2D eigenvalue weighted by Crippen LogP contribution is -2.28. The molecule has 1 aromatic rings. The Labute approximate surface area is 105 Å². The maximum absolute atomic E-state index is 3.47. The smallest absolute Gasteiger partial charge is 0.0381 e. The molecule has 0 bridgehead atoms. The maximum atomic E-state index is 3.47. The van der Waals surface area contributed by atoms with Gasteiger partial charge in [-0.25, -0.2) is 0 Å². The number of likely N-dealkylation sites (N-methyl/N-ethyl adjacent to an activating group) is 1. The average Bonchev–Trinajstić information content (AvgIpc) is 2.35. The Balaban J connectivity index is 2.43. The average molecular weight is 235 g/mol. The predicted molar refractivity (Wildman–Crippen MR) is 77.0 cm³/mol. The third-order valence-corrected chi connectivity index (χ3v) is 3.01. The first-order valence-electron chi connectivity index (χ1n) is 6.41. The normalized spacial score (nSPS) is 10.6. The highest BCUT2D eigenvalue weighted by atomic mass is 15.1. The van der Waals surface area contributed by atoms with E-state index in [0.29, 0.717) is 0 Å². The summed E-state index contributed by atoms with van der Waals surface area (Å²) in [7, 11) is 4.13. The van der Waals surface area contributed by atoms with Crippen molar-refractivity contribution in [2.45, 2.75) is 13.8 Å². The third kappa shape index (κ3) is 4.65. The van der Waals surface area contributed by atoms with E-state index in [1.807, 2.05) is 0 Å². The molecule has 17 heavy (non-hydrogen) atoms. The number of hydrogen-bond acceptors (Lipinski definition) is 3. The van der Waals surface area contributed by atoms with Crippen LogP contribution in [0.2, 0.25) is 0 Å². The highest BCUT2D eigenvalue weighted by Crippen LogP contribution is 2.16. The van der Waals surface area contributed by atoms with Crippen LogP contribution in [0.15, 0.2) is 24.3 Å². The predicted octanol–water partition coefficient (Wildman–Crippen LogP) is 2.51. The molecule has 1 aromatic carbocycles. The molecule has 0 spiro atoms. The summed E-state index contributed by atoms with van der Waals surface area (Å²) < 4.78 is 0. The fourth-order valence-corrected chi connectivity index (χ4v) is 1.79. The Hall–Kier alpha value is -1.22. The van der Waals surface area contributed by atoms with E-state index < -0.39 is 0 Å². The van der Waals surface area contributed by atoms with E-state index in [1.54, 1.807) is 0 Å². The van der Waals surface area contributed by atoms with Crippen LogP contribution in [0.3, 0.4) is 0 Å².